The largest absolute Gasteiger partial charge is 0.493 e. The molecule has 98 valence electrons. The van der Waals surface area contributed by atoms with Crippen LogP contribution in [0.4, 0.5) is 5.69 Å². The summed E-state index contributed by atoms with van der Waals surface area (Å²) in [7, 11) is 4.65. The fraction of sp³-hybridized carbons (Fsp3) is 0.333. The molecule has 0 spiro atoms. The number of nitrogens with two attached hydrogens (primary N) is 2. The van der Waals surface area contributed by atoms with Crippen molar-refractivity contribution in [2.45, 2.75) is 0 Å². The fourth-order valence-electron chi connectivity index (χ4n) is 1.15. The Morgan fingerprint density at radius 2 is 1.78 bits per heavy atom. The van der Waals surface area contributed by atoms with Gasteiger partial charge >= 0.3 is 0 Å². The van der Waals surface area contributed by atoms with Gasteiger partial charge < -0.3 is 16.2 Å². The number of methoxy groups -OCH3 is 1. The molecule has 9 heteroatoms. The van der Waals surface area contributed by atoms with E-state index in [9.17, 15) is 9.59 Å². The molecule has 0 fully saturated rings. The highest BCUT2D eigenvalue weighted by atomic mass is 32.1. The second kappa shape index (κ2) is 5.45. The van der Waals surface area contributed by atoms with E-state index in [-0.39, 0.29) is 21.2 Å². The predicted molar refractivity (Wildman–Crippen MR) is 66.1 cm³/mol. The zero-order chi connectivity index (χ0) is 13.9. The van der Waals surface area contributed by atoms with Crippen LogP contribution in [0.15, 0.2) is 10.3 Å². The first-order chi connectivity index (χ1) is 8.38. The standard InChI is InChI=1S/C9H13N5O3S/c1-14(2)13-12-4-5(17-3)7(9(11)16)18-6(4)8(10)15/h1-3H3,(H2,10,15)(H2,11,16). The Hall–Kier alpha value is -2.16. The number of primary amides is 2. The number of ether oxygens (including phenoxy) is 1. The van der Waals surface area contributed by atoms with Crippen molar-refractivity contribution in [3.8, 4) is 5.75 Å². The van der Waals surface area contributed by atoms with Crippen LogP contribution in [0.2, 0.25) is 0 Å². The van der Waals surface area contributed by atoms with Crippen molar-refractivity contribution < 1.29 is 14.3 Å². The molecule has 18 heavy (non-hydrogen) atoms. The number of nitrogens with zero attached hydrogens (tertiary/aromatic N) is 3. The Kier molecular flexibility index (Phi) is 4.21. The number of rotatable bonds is 5. The Balaban J connectivity index is 3.43. The summed E-state index contributed by atoms with van der Waals surface area (Å²) in [6, 6.07) is 0. The zero-order valence-corrected chi connectivity index (χ0v) is 10.9. The van der Waals surface area contributed by atoms with Gasteiger partial charge in [-0.1, -0.05) is 5.22 Å². The smallest absolute Gasteiger partial charge is 0.262 e. The molecule has 4 N–H and O–H groups in total. The predicted octanol–water partition coefficient (Wildman–Crippen LogP) is 0.515. The highest BCUT2D eigenvalue weighted by molar-refractivity contribution is 7.17. The average Bonchev–Trinajstić information content (AvgIpc) is 2.64. The van der Waals surface area contributed by atoms with Gasteiger partial charge in [0.05, 0.1) is 7.11 Å². The molecule has 0 unspecified atom stereocenters. The van der Waals surface area contributed by atoms with E-state index in [1.807, 2.05) is 0 Å². The molecule has 1 aromatic rings. The maximum atomic E-state index is 11.3. The van der Waals surface area contributed by atoms with Crippen molar-refractivity contribution in [1.82, 2.24) is 5.01 Å². The van der Waals surface area contributed by atoms with E-state index >= 15 is 0 Å². The van der Waals surface area contributed by atoms with Crippen LogP contribution in [0.25, 0.3) is 0 Å². The molecule has 0 aliphatic rings. The molecule has 1 rings (SSSR count). The number of hydrogen-bond donors (Lipinski definition) is 2. The number of carbonyl (C=O) groups is 2. The quantitative estimate of drug-likeness (QED) is 0.598. The summed E-state index contributed by atoms with van der Waals surface area (Å²) >= 11 is 0.832. The van der Waals surface area contributed by atoms with Crippen LogP contribution in [-0.4, -0.2) is 38.0 Å². The van der Waals surface area contributed by atoms with E-state index in [0.29, 0.717) is 0 Å². The van der Waals surface area contributed by atoms with E-state index in [1.165, 1.54) is 12.1 Å². The Morgan fingerprint density at radius 3 is 2.17 bits per heavy atom. The van der Waals surface area contributed by atoms with Gasteiger partial charge in [-0.25, -0.2) is 0 Å². The first-order valence-electron chi connectivity index (χ1n) is 4.77. The van der Waals surface area contributed by atoms with Gasteiger partial charge in [0.1, 0.15) is 9.75 Å². The lowest BCUT2D eigenvalue weighted by atomic mass is 10.3. The second-order valence-electron chi connectivity index (χ2n) is 3.41. The summed E-state index contributed by atoms with van der Waals surface area (Å²) in [5, 5.41) is 9.00. The summed E-state index contributed by atoms with van der Waals surface area (Å²) in [4.78, 5) is 22.7. The number of thiophene rings is 1. The second-order valence-corrected chi connectivity index (χ2v) is 4.43. The molecule has 0 aliphatic carbocycles. The molecule has 0 aliphatic heterocycles. The summed E-state index contributed by atoms with van der Waals surface area (Å²) in [5.74, 6) is -1.34. The maximum absolute atomic E-state index is 11.3. The maximum Gasteiger partial charge on any atom is 0.262 e. The zero-order valence-electron chi connectivity index (χ0n) is 10.1. The van der Waals surface area contributed by atoms with Crippen LogP contribution < -0.4 is 16.2 Å². The monoisotopic (exact) mass is 271 g/mol. The summed E-state index contributed by atoms with van der Waals surface area (Å²) < 4.78 is 5.03. The number of carbonyl (C=O) groups excluding carboxylic acids is 2. The fourth-order valence-corrected chi connectivity index (χ4v) is 2.06. The third-order valence-corrected chi connectivity index (χ3v) is 3.01. The molecule has 1 heterocycles. The number of hydrogen-bond acceptors (Lipinski definition) is 6. The lowest BCUT2D eigenvalue weighted by Crippen LogP contribution is -2.10. The van der Waals surface area contributed by atoms with Crippen molar-refractivity contribution in [3.05, 3.63) is 9.75 Å². The van der Waals surface area contributed by atoms with Gasteiger partial charge in [-0.15, -0.1) is 16.5 Å². The van der Waals surface area contributed by atoms with E-state index in [1.54, 1.807) is 14.1 Å². The molecule has 1 aromatic heterocycles. The highest BCUT2D eigenvalue weighted by Crippen LogP contribution is 2.42. The van der Waals surface area contributed by atoms with Gasteiger partial charge in [0.25, 0.3) is 11.8 Å². The van der Waals surface area contributed by atoms with Gasteiger partial charge in [-0.3, -0.25) is 14.6 Å². The Morgan fingerprint density at radius 1 is 1.22 bits per heavy atom. The Bertz CT molecular complexity index is 509. The van der Waals surface area contributed by atoms with Crippen molar-refractivity contribution in [1.29, 1.82) is 0 Å². The normalized spacial score (nSPS) is 10.6. The molecular formula is C9H13N5O3S. The minimum atomic E-state index is -0.724. The van der Waals surface area contributed by atoms with E-state index in [4.69, 9.17) is 16.2 Å². The van der Waals surface area contributed by atoms with Crippen molar-refractivity contribution in [2.24, 2.45) is 21.8 Å². The van der Waals surface area contributed by atoms with E-state index in [0.717, 1.165) is 11.3 Å². The SMILES string of the molecule is COc1c(C(N)=O)sc(C(N)=O)c1N=NN(C)C. The topological polar surface area (TPSA) is 123 Å². The highest BCUT2D eigenvalue weighted by Gasteiger charge is 2.25. The molecule has 0 atom stereocenters. The molecule has 0 bridgehead atoms. The summed E-state index contributed by atoms with van der Waals surface area (Å²) in [5.41, 5.74) is 10.5. The first-order valence-corrected chi connectivity index (χ1v) is 5.59. The van der Waals surface area contributed by atoms with Gasteiger partial charge in [-0.05, 0) is 0 Å². The minimum absolute atomic E-state index is 0.0752. The average molecular weight is 271 g/mol. The molecule has 8 nitrogen and oxygen atoms in total. The van der Waals surface area contributed by atoms with Gasteiger partial charge in [0, 0.05) is 14.1 Å². The third kappa shape index (κ3) is 2.74. The Labute approximate surface area is 107 Å². The molecule has 0 saturated carbocycles. The lowest BCUT2D eigenvalue weighted by Gasteiger charge is -2.03. The molecule has 0 aromatic carbocycles. The van der Waals surface area contributed by atoms with Crippen molar-refractivity contribution >= 4 is 28.8 Å². The minimum Gasteiger partial charge on any atom is -0.493 e. The van der Waals surface area contributed by atoms with Crippen LogP contribution in [0.5, 0.6) is 5.75 Å². The summed E-state index contributed by atoms with van der Waals surface area (Å²) in [6.07, 6.45) is 0. The van der Waals surface area contributed by atoms with Crippen LogP contribution in [0, 0.1) is 0 Å². The van der Waals surface area contributed by atoms with Crippen LogP contribution >= 0.6 is 11.3 Å². The molecular weight excluding hydrogens is 258 g/mol. The molecule has 0 saturated heterocycles. The van der Waals surface area contributed by atoms with Gasteiger partial charge in [-0.2, -0.15) is 0 Å². The van der Waals surface area contributed by atoms with Gasteiger partial charge in [0.15, 0.2) is 11.4 Å². The van der Waals surface area contributed by atoms with Gasteiger partial charge in [0.2, 0.25) is 0 Å². The van der Waals surface area contributed by atoms with Crippen LogP contribution in [0.1, 0.15) is 19.3 Å². The van der Waals surface area contributed by atoms with Crippen molar-refractivity contribution in [2.75, 3.05) is 21.2 Å². The van der Waals surface area contributed by atoms with E-state index < -0.39 is 11.8 Å². The third-order valence-electron chi connectivity index (χ3n) is 1.82. The van der Waals surface area contributed by atoms with E-state index in [2.05, 4.69) is 10.3 Å². The molecule has 0 radical (unpaired) electrons. The van der Waals surface area contributed by atoms with Crippen molar-refractivity contribution in [3.63, 3.8) is 0 Å². The lowest BCUT2D eigenvalue weighted by molar-refractivity contribution is 0.0995. The van der Waals surface area contributed by atoms with Crippen LogP contribution in [-0.2, 0) is 0 Å². The first kappa shape index (κ1) is 13.9. The van der Waals surface area contributed by atoms with Crippen LogP contribution in [0.3, 0.4) is 0 Å². The molecule has 2 amide bonds. The number of amides is 2. The summed E-state index contributed by atoms with van der Waals surface area (Å²) in [6.45, 7) is 0.